The highest BCUT2D eigenvalue weighted by Gasteiger charge is 2.35. The van der Waals surface area contributed by atoms with Gasteiger partial charge in [0.1, 0.15) is 0 Å². The van der Waals surface area contributed by atoms with Crippen LogP contribution in [0.4, 0.5) is 0 Å². The zero-order valence-electron chi connectivity index (χ0n) is 12.1. The van der Waals surface area contributed by atoms with E-state index in [-0.39, 0.29) is 0 Å². The van der Waals surface area contributed by atoms with Gasteiger partial charge in [0.25, 0.3) is 0 Å². The van der Waals surface area contributed by atoms with Gasteiger partial charge in [0.2, 0.25) is 0 Å². The van der Waals surface area contributed by atoms with Gasteiger partial charge >= 0.3 is 0 Å². The Labute approximate surface area is 111 Å². The largest absolute Gasteiger partial charge is 0.314 e. The molecule has 1 aromatic heterocycles. The van der Waals surface area contributed by atoms with E-state index in [1.54, 1.807) is 0 Å². The van der Waals surface area contributed by atoms with Gasteiger partial charge in [-0.2, -0.15) is 5.10 Å². The number of nitrogens with zero attached hydrogens (tertiary/aromatic N) is 2. The zero-order valence-corrected chi connectivity index (χ0v) is 12.1. The fraction of sp³-hybridized carbons (Fsp3) is 0.800. The lowest BCUT2D eigenvalue weighted by molar-refractivity contribution is 0.213. The van der Waals surface area contributed by atoms with E-state index in [0.717, 1.165) is 13.0 Å². The number of rotatable bonds is 6. The first kappa shape index (κ1) is 13.6. The van der Waals surface area contributed by atoms with Crippen LogP contribution in [0.1, 0.15) is 51.5 Å². The zero-order chi connectivity index (χ0) is 13.0. The maximum absolute atomic E-state index is 4.25. The highest BCUT2D eigenvalue weighted by Crippen LogP contribution is 2.41. The van der Waals surface area contributed by atoms with E-state index in [0.29, 0.717) is 11.5 Å². The Hall–Kier alpha value is -0.830. The second kappa shape index (κ2) is 5.87. The number of hydrogen-bond acceptors (Lipinski definition) is 2. The summed E-state index contributed by atoms with van der Waals surface area (Å²) >= 11 is 0. The summed E-state index contributed by atoms with van der Waals surface area (Å²) in [7, 11) is 1.99. The maximum atomic E-state index is 4.25. The number of hydrogen-bond donors (Lipinski definition) is 1. The molecule has 1 atom stereocenters. The van der Waals surface area contributed by atoms with Gasteiger partial charge in [-0.3, -0.25) is 4.68 Å². The molecule has 1 aliphatic carbocycles. The van der Waals surface area contributed by atoms with Gasteiger partial charge in [0, 0.05) is 19.3 Å². The van der Waals surface area contributed by atoms with Gasteiger partial charge in [0.15, 0.2) is 0 Å². The standard InChI is InChI=1S/C15H27N3/c1-4-16-14(15(2)9-5-6-10-15)8-7-13-11-17-18(3)12-13/h11-12,14,16H,4-10H2,1-3H3. The average molecular weight is 249 g/mol. The molecule has 0 radical (unpaired) electrons. The van der Waals surface area contributed by atoms with Gasteiger partial charge in [-0.1, -0.05) is 26.7 Å². The highest BCUT2D eigenvalue weighted by molar-refractivity contribution is 5.05. The van der Waals surface area contributed by atoms with Crippen LogP contribution in [0.5, 0.6) is 0 Å². The van der Waals surface area contributed by atoms with Crippen molar-refractivity contribution in [3.63, 3.8) is 0 Å². The average Bonchev–Trinajstić information content (AvgIpc) is 2.94. The van der Waals surface area contributed by atoms with Gasteiger partial charge in [-0.15, -0.1) is 0 Å². The van der Waals surface area contributed by atoms with Crippen molar-refractivity contribution in [2.45, 2.75) is 58.4 Å². The molecule has 1 aromatic rings. The smallest absolute Gasteiger partial charge is 0.0521 e. The van der Waals surface area contributed by atoms with E-state index < -0.39 is 0 Å². The summed E-state index contributed by atoms with van der Waals surface area (Å²) in [5, 5.41) is 7.97. The van der Waals surface area contributed by atoms with Crippen molar-refractivity contribution in [1.29, 1.82) is 0 Å². The van der Waals surface area contributed by atoms with E-state index in [9.17, 15) is 0 Å². The Morgan fingerprint density at radius 1 is 1.44 bits per heavy atom. The van der Waals surface area contributed by atoms with Crippen LogP contribution in [0.15, 0.2) is 12.4 Å². The SMILES string of the molecule is CCNC(CCc1cnn(C)c1)C1(C)CCCC1. The summed E-state index contributed by atoms with van der Waals surface area (Å²) in [6, 6.07) is 0.658. The molecule has 0 bridgehead atoms. The fourth-order valence-electron chi connectivity index (χ4n) is 3.39. The number of nitrogens with one attached hydrogen (secondary N) is 1. The van der Waals surface area contributed by atoms with E-state index >= 15 is 0 Å². The Morgan fingerprint density at radius 2 is 2.17 bits per heavy atom. The molecular weight excluding hydrogens is 222 g/mol. The normalized spacial score (nSPS) is 20.2. The molecule has 1 saturated carbocycles. The van der Waals surface area contributed by atoms with E-state index in [1.807, 2.05) is 17.9 Å². The van der Waals surface area contributed by atoms with Crippen LogP contribution in [-0.2, 0) is 13.5 Å². The third-order valence-electron chi connectivity index (χ3n) is 4.52. The van der Waals surface area contributed by atoms with Crippen LogP contribution < -0.4 is 5.32 Å². The monoisotopic (exact) mass is 249 g/mol. The first-order valence-electron chi connectivity index (χ1n) is 7.35. The lowest BCUT2D eigenvalue weighted by atomic mass is 9.78. The Bertz CT molecular complexity index is 364. The lowest BCUT2D eigenvalue weighted by Gasteiger charge is -2.35. The van der Waals surface area contributed by atoms with Crippen molar-refractivity contribution in [2.24, 2.45) is 12.5 Å². The van der Waals surface area contributed by atoms with Crippen LogP contribution >= 0.6 is 0 Å². The van der Waals surface area contributed by atoms with Gasteiger partial charge in [0.05, 0.1) is 6.20 Å². The molecule has 18 heavy (non-hydrogen) atoms. The minimum absolute atomic E-state index is 0.512. The van der Waals surface area contributed by atoms with Gasteiger partial charge in [-0.25, -0.2) is 0 Å². The molecule has 1 N–H and O–H groups in total. The summed E-state index contributed by atoms with van der Waals surface area (Å²) in [6.07, 6.45) is 12.1. The molecule has 0 saturated heterocycles. The molecule has 0 aromatic carbocycles. The third kappa shape index (κ3) is 3.14. The molecule has 1 unspecified atom stereocenters. The molecule has 0 aliphatic heterocycles. The predicted octanol–water partition coefficient (Wildman–Crippen LogP) is 2.91. The summed E-state index contributed by atoms with van der Waals surface area (Å²) in [5.41, 5.74) is 1.88. The molecule has 1 fully saturated rings. The molecule has 1 aliphatic rings. The van der Waals surface area contributed by atoms with Crippen LogP contribution in [0.3, 0.4) is 0 Å². The second-order valence-corrected chi connectivity index (χ2v) is 6.03. The maximum Gasteiger partial charge on any atom is 0.0521 e. The molecular formula is C15H27N3. The van der Waals surface area contributed by atoms with Crippen LogP contribution in [0, 0.1) is 5.41 Å². The molecule has 3 nitrogen and oxygen atoms in total. The second-order valence-electron chi connectivity index (χ2n) is 6.03. The Balaban J connectivity index is 1.93. The van der Waals surface area contributed by atoms with E-state index in [2.05, 4.69) is 30.5 Å². The first-order valence-corrected chi connectivity index (χ1v) is 7.35. The minimum atomic E-state index is 0.512. The van der Waals surface area contributed by atoms with Crippen LogP contribution in [0.25, 0.3) is 0 Å². The summed E-state index contributed by atoms with van der Waals surface area (Å²) < 4.78 is 1.90. The van der Waals surface area contributed by atoms with Crippen molar-refractivity contribution in [2.75, 3.05) is 6.54 Å². The van der Waals surface area contributed by atoms with Crippen molar-refractivity contribution in [3.05, 3.63) is 18.0 Å². The first-order chi connectivity index (χ1) is 8.64. The molecule has 0 spiro atoms. The van der Waals surface area contributed by atoms with Crippen molar-refractivity contribution >= 4 is 0 Å². The van der Waals surface area contributed by atoms with E-state index in [4.69, 9.17) is 0 Å². The van der Waals surface area contributed by atoms with Crippen molar-refractivity contribution in [3.8, 4) is 0 Å². The summed E-state index contributed by atoms with van der Waals surface area (Å²) in [6.45, 7) is 5.76. The molecule has 2 rings (SSSR count). The topological polar surface area (TPSA) is 29.9 Å². The van der Waals surface area contributed by atoms with Crippen LogP contribution in [0.2, 0.25) is 0 Å². The Morgan fingerprint density at radius 3 is 2.72 bits per heavy atom. The third-order valence-corrected chi connectivity index (χ3v) is 4.52. The molecule has 102 valence electrons. The summed E-state index contributed by atoms with van der Waals surface area (Å²) in [5.74, 6) is 0. The van der Waals surface area contributed by atoms with Crippen molar-refractivity contribution < 1.29 is 0 Å². The number of aryl methyl sites for hydroxylation is 2. The quantitative estimate of drug-likeness (QED) is 0.840. The van der Waals surface area contributed by atoms with E-state index in [1.165, 1.54) is 37.7 Å². The molecule has 3 heteroatoms. The Kier molecular flexibility index (Phi) is 4.44. The summed E-state index contributed by atoms with van der Waals surface area (Å²) in [4.78, 5) is 0. The predicted molar refractivity (Wildman–Crippen MR) is 75.6 cm³/mol. The molecule has 0 amide bonds. The lowest BCUT2D eigenvalue weighted by Crippen LogP contribution is -2.42. The minimum Gasteiger partial charge on any atom is -0.314 e. The van der Waals surface area contributed by atoms with Gasteiger partial charge in [-0.05, 0) is 43.2 Å². The number of aromatic nitrogens is 2. The van der Waals surface area contributed by atoms with Crippen molar-refractivity contribution in [1.82, 2.24) is 15.1 Å². The van der Waals surface area contributed by atoms with Crippen LogP contribution in [-0.4, -0.2) is 22.4 Å². The fourth-order valence-corrected chi connectivity index (χ4v) is 3.39. The molecule has 1 heterocycles. The van der Waals surface area contributed by atoms with Gasteiger partial charge < -0.3 is 5.32 Å². The highest BCUT2D eigenvalue weighted by atomic mass is 15.2.